The number of furan rings is 1. The topological polar surface area (TPSA) is 121 Å². The minimum Gasteiger partial charge on any atom is -0.475 e. The van der Waals surface area contributed by atoms with Crippen molar-refractivity contribution >= 4 is 17.9 Å². The third-order valence-electron chi connectivity index (χ3n) is 2.95. The molecule has 21 heavy (non-hydrogen) atoms. The summed E-state index contributed by atoms with van der Waals surface area (Å²) >= 11 is 0. The number of nitrogens with one attached hydrogen (secondary N) is 3. The molecular weight excluding hydrogens is 278 g/mol. The van der Waals surface area contributed by atoms with Crippen molar-refractivity contribution < 1.29 is 23.9 Å². The first-order valence-corrected chi connectivity index (χ1v) is 6.67. The molecule has 0 unspecified atom stereocenters. The molecule has 0 aliphatic heterocycles. The number of carboxylic acids is 1. The van der Waals surface area contributed by atoms with Crippen molar-refractivity contribution in [2.75, 3.05) is 13.1 Å². The number of rotatable bonds is 7. The number of hydrogen-bond acceptors (Lipinski definition) is 4. The molecule has 0 spiro atoms. The first-order valence-electron chi connectivity index (χ1n) is 6.67. The summed E-state index contributed by atoms with van der Waals surface area (Å²) in [4.78, 5) is 33.4. The van der Waals surface area contributed by atoms with Gasteiger partial charge in [0.15, 0.2) is 0 Å². The highest BCUT2D eigenvalue weighted by Gasteiger charge is 2.28. The number of hydrogen-bond donors (Lipinski definition) is 4. The van der Waals surface area contributed by atoms with Crippen LogP contribution in [0.4, 0.5) is 4.79 Å². The molecule has 0 atom stereocenters. The Bertz CT molecular complexity index is 536. The second kappa shape index (κ2) is 6.78. The van der Waals surface area contributed by atoms with Gasteiger partial charge in [-0.3, -0.25) is 4.79 Å². The zero-order chi connectivity index (χ0) is 15.2. The minimum absolute atomic E-state index is 0.0361. The fourth-order valence-corrected chi connectivity index (χ4v) is 1.67. The lowest BCUT2D eigenvalue weighted by atomic mass is 10.4. The SMILES string of the molecule is O=C(NCCNC(=O)C1CC1)NCc1ccc(C(=O)O)o1. The number of carbonyl (C=O) groups excluding carboxylic acids is 2. The summed E-state index contributed by atoms with van der Waals surface area (Å²) in [7, 11) is 0. The third kappa shape index (κ3) is 4.83. The van der Waals surface area contributed by atoms with E-state index in [0.29, 0.717) is 18.8 Å². The van der Waals surface area contributed by atoms with Crippen LogP contribution in [0.15, 0.2) is 16.5 Å². The van der Waals surface area contributed by atoms with Gasteiger partial charge in [-0.1, -0.05) is 0 Å². The van der Waals surface area contributed by atoms with E-state index in [9.17, 15) is 14.4 Å². The Kier molecular flexibility index (Phi) is 4.81. The highest BCUT2D eigenvalue weighted by Crippen LogP contribution is 2.28. The smallest absolute Gasteiger partial charge is 0.371 e. The largest absolute Gasteiger partial charge is 0.475 e. The van der Waals surface area contributed by atoms with Crippen molar-refractivity contribution in [1.29, 1.82) is 0 Å². The molecule has 1 aliphatic rings. The van der Waals surface area contributed by atoms with Crippen LogP contribution in [-0.2, 0) is 11.3 Å². The summed E-state index contributed by atoms with van der Waals surface area (Å²) in [5, 5.41) is 16.5. The highest BCUT2D eigenvalue weighted by atomic mass is 16.4. The average molecular weight is 295 g/mol. The molecule has 8 nitrogen and oxygen atoms in total. The Morgan fingerprint density at radius 3 is 2.48 bits per heavy atom. The summed E-state index contributed by atoms with van der Waals surface area (Å²) in [6.07, 6.45) is 1.89. The van der Waals surface area contributed by atoms with Gasteiger partial charge in [0.25, 0.3) is 0 Å². The maximum Gasteiger partial charge on any atom is 0.371 e. The number of carboxylic acid groups (broad SMARTS) is 1. The predicted octanol–water partition coefficient (Wildman–Crippen LogP) is 0.303. The summed E-state index contributed by atoms with van der Waals surface area (Å²) in [6.45, 7) is 0.795. The number of carbonyl (C=O) groups is 3. The molecule has 1 saturated carbocycles. The van der Waals surface area contributed by atoms with E-state index in [1.165, 1.54) is 12.1 Å². The molecule has 0 aromatic carbocycles. The van der Waals surface area contributed by atoms with Gasteiger partial charge >= 0.3 is 12.0 Å². The van der Waals surface area contributed by atoms with Crippen molar-refractivity contribution in [3.05, 3.63) is 23.7 Å². The molecular formula is C13H17N3O5. The average Bonchev–Trinajstić information content (AvgIpc) is 3.19. The van der Waals surface area contributed by atoms with Crippen molar-refractivity contribution in [1.82, 2.24) is 16.0 Å². The molecule has 0 saturated heterocycles. The van der Waals surface area contributed by atoms with E-state index >= 15 is 0 Å². The van der Waals surface area contributed by atoms with Crippen LogP contribution in [0, 0.1) is 5.92 Å². The summed E-state index contributed by atoms with van der Waals surface area (Å²) in [5.41, 5.74) is 0. The van der Waals surface area contributed by atoms with Crippen LogP contribution >= 0.6 is 0 Å². The second-order valence-corrected chi connectivity index (χ2v) is 4.75. The Morgan fingerprint density at radius 1 is 1.14 bits per heavy atom. The highest BCUT2D eigenvalue weighted by molar-refractivity contribution is 5.84. The molecule has 0 radical (unpaired) electrons. The molecule has 1 aliphatic carbocycles. The van der Waals surface area contributed by atoms with Crippen molar-refractivity contribution in [3.8, 4) is 0 Å². The van der Waals surface area contributed by atoms with Gasteiger partial charge in [0, 0.05) is 19.0 Å². The molecule has 1 heterocycles. The van der Waals surface area contributed by atoms with Crippen LogP contribution < -0.4 is 16.0 Å². The zero-order valence-corrected chi connectivity index (χ0v) is 11.3. The van der Waals surface area contributed by atoms with E-state index in [0.717, 1.165) is 12.8 Å². The summed E-state index contributed by atoms with van der Waals surface area (Å²) < 4.78 is 4.99. The first-order chi connectivity index (χ1) is 10.1. The number of amides is 3. The Morgan fingerprint density at radius 2 is 1.86 bits per heavy atom. The third-order valence-corrected chi connectivity index (χ3v) is 2.95. The second-order valence-electron chi connectivity index (χ2n) is 4.75. The first kappa shape index (κ1) is 14.9. The molecule has 8 heteroatoms. The lowest BCUT2D eigenvalue weighted by Gasteiger charge is -2.07. The van der Waals surface area contributed by atoms with Gasteiger partial charge in [0.05, 0.1) is 6.54 Å². The molecule has 0 bridgehead atoms. The molecule has 2 rings (SSSR count). The fourth-order valence-electron chi connectivity index (χ4n) is 1.67. The molecule has 4 N–H and O–H groups in total. The van der Waals surface area contributed by atoms with Crippen molar-refractivity contribution in [2.24, 2.45) is 5.92 Å². The zero-order valence-electron chi connectivity index (χ0n) is 11.3. The number of aromatic carboxylic acids is 1. The van der Waals surface area contributed by atoms with Gasteiger partial charge in [0.1, 0.15) is 5.76 Å². The van der Waals surface area contributed by atoms with Gasteiger partial charge in [0.2, 0.25) is 11.7 Å². The van der Waals surface area contributed by atoms with E-state index in [-0.39, 0.29) is 24.1 Å². The van der Waals surface area contributed by atoms with Crippen LogP contribution in [0.3, 0.4) is 0 Å². The molecule has 1 aromatic rings. The van der Waals surface area contributed by atoms with Crippen LogP contribution in [0.2, 0.25) is 0 Å². The van der Waals surface area contributed by atoms with Gasteiger partial charge in [-0.05, 0) is 25.0 Å². The quantitative estimate of drug-likeness (QED) is 0.539. The standard InChI is InChI=1S/C13H17N3O5/c17-11(8-1-2-8)14-5-6-15-13(20)16-7-9-3-4-10(21-9)12(18)19/h3-4,8H,1-2,5-7H2,(H,14,17)(H,18,19)(H2,15,16,20). The lowest BCUT2D eigenvalue weighted by Crippen LogP contribution is -2.40. The Balaban J connectivity index is 1.58. The van der Waals surface area contributed by atoms with Gasteiger partial charge in [-0.2, -0.15) is 0 Å². The van der Waals surface area contributed by atoms with E-state index in [1.54, 1.807) is 0 Å². The molecule has 1 fully saturated rings. The van der Waals surface area contributed by atoms with Gasteiger partial charge in [-0.15, -0.1) is 0 Å². The monoisotopic (exact) mass is 295 g/mol. The van der Waals surface area contributed by atoms with E-state index in [4.69, 9.17) is 9.52 Å². The Labute approximate surface area is 120 Å². The molecule has 3 amide bonds. The van der Waals surface area contributed by atoms with E-state index < -0.39 is 12.0 Å². The summed E-state index contributed by atoms with van der Waals surface area (Å²) in [5.74, 6) is -0.785. The van der Waals surface area contributed by atoms with Gasteiger partial charge < -0.3 is 25.5 Å². The minimum atomic E-state index is -1.16. The van der Waals surface area contributed by atoms with Crippen LogP contribution in [0.5, 0.6) is 0 Å². The maximum atomic E-state index is 11.5. The normalized spacial score (nSPS) is 13.5. The van der Waals surface area contributed by atoms with E-state index in [1.807, 2.05) is 0 Å². The van der Waals surface area contributed by atoms with Crippen LogP contribution in [0.25, 0.3) is 0 Å². The predicted molar refractivity (Wildman–Crippen MR) is 71.6 cm³/mol. The lowest BCUT2D eigenvalue weighted by molar-refractivity contribution is -0.122. The van der Waals surface area contributed by atoms with Crippen LogP contribution in [0.1, 0.15) is 29.2 Å². The summed E-state index contributed by atoms with van der Waals surface area (Å²) in [6, 6.07) is 2.40. The molecule has 114 valence electrons. The van der Waals surface area contributed by atoms with Crippen LogP contribution in [-0.4, -0.2) is 36.1 Å². The van der Waals surface area contributed by atoms with Crippen molar-refractivity contribution in [3.63, 3.8) is 0 Å². The number of urea groups is 1. The van der Waals surface area contributed by atoms with Gasteiger partial charge in [-0.25, -0.2) is 9.59 Å². The fraction of sp³-hybridized carbons (Fsp3) is 0.462. The van der Waals surface area contributed by atoms with E-state index in [2.05, 4.69) is 16.0 Å². The maximum absolute atomic E-state index is 11.5. The van der Waals surface area contributed by atoms with Crippen molar-refractivity contribution in [2.45, 2.75) is 19.4 Å². The molecule has 1 aromatic heterocycles. The Hall–Kier alpha value is -2.51.